The van der Waals surface area contributed by atoms with Gasteiger partial charge in [-0.1, -0.05) is 19.1 Å². The summed E-state index contributed by atoms with van der Waals surface area (Å²) >= 11 is 0. The molecule has 0 fully saturated rings. The van der Waals surface area contributed by atoms with Crippen LogP contribution in [0.4, 0.5) is 8.78 Å². The number of carbonyl (C=O) groups is 1. The van der Waals surface area contributed by atoms with Gasteiger partial charge in [-0.15, -0.1) is 0 Å². The van der Waals surface area contributed by atoms with E-state index >= 15 is 0 Å². The van der Waals surface area contributed by atoms with Crippen LogP contribution in [0.5, 0.6) is 0 Å². The Morgan fingerprint density at radius 1 is 1.47 bits per heavy atom. The molecule has 0 aliphatic carbocycles. The van der Waals surface area contributed by atoms with Crippen LogP contribution in [0, 0.1) is 17.6 Å². The SMILES string of the molecule is CCC(C(=O)OC)C(O)c1cccc(F)c1F. The zero-order chi connectivity index (χ0) is 13.0. The molecule has 17 heavy (non-hydrogen) atoms. The number of methoxy groups -OCH3 is 1. The zero-order valence-corrected chi connectivity index (χ0v) is 9.61. The molecule has 94 valence electrons. The summed E-state index contributed by atoms with van der Waals surface area (Å²) in [6, 6.07) is 3.47. The average Bonchev–Trinajstić information content (AvgIpc) is 2.33. The lowest BCUT2D eigenvalue weighted by Crippen LogP contribution is -2.23. The number of hydrogen-bond acceptors (Lipinski definition) is 3. The van der Waals surface area contributed by atoms with E-state index in [9.17, 15) is 18.7 Å². The maximum Gasteiger partial charge on any atom is 0.311 e. The lowest BCUT2D eigenvalue weighted by Gasteiger charge is -2.20. The van der Waals surface area contributed by atoms with Crippen LogP contribution in [-0.2, 0) is 9.53 Å². The molecule has 0 radical (unpaired) electrons. The number of esters is 1. The maximum atomic E-state index is 13.4. The Labute approximate surface area is 98.0 Å². The summed E-state index contributed by atoms with van der Waals surface area (Å²) in [6.45, 7) is 1.65. The van der Waals surface area contributed by atoms with Crippen molar-refractivity contribution in [1.82, 2.24) is 0 Å². The maximum absolute atomic E-state index is 13.4. The molecule has 2 atom stereocenters. The number of hydrogen-bond donors (Lipinski definition) is 1. The zero-order valence-electron chi connectivity index (χ0n) is 9.61. The van der Waals surface area contributed by atoms with Gasteiger partial charge in [0.2, 0.25) is 0 Å². The third-order valence-electron chi connectivity index (χ3n) is 2.62. The van der Waals surface area contributed by atoms with Gasteiger partial charge in [-0.2, -0.15) is 0 Å². The van der Waals surface area contributed by atoms with Gasteiger partial charge in [-0.25, -0.2) is 8.78 Å². The van der Waals surface area contributed by atoms with Crippen molar-refractivity contribution in [3.63, 3.8) is 0 Å². The number of benzene rings is 1. The van der Waals surface area contributed by atoms with Crippen molar-refractivity contribution in [2.45, 2.75) is 19.4 Å². The number of rotatable bonds is 4. The van der Waals surface area contributed by atoms with Crippen LogP contribution < -0.4 is 0 Å². The molecule has 3 nitrogen and oxygen atoms in total. The van der Waals surface area contributed by atoms with Gasteiger partial charge in [0, 0.05) is 5.56 Å². The molecule has 2 unspecified atom stereocenters. The molecule has 0 amide bonds. The first kappa shape index (κ1) is 13.6. The summed E-state index contributed by atoms with van der Waals surface area (Å²) in [4.78, 5) is 11.4. The number of ether oxygens (including phenoxy) is 1. The van der Waals surface area contributed by atoms with Gasteiger partial charge in [0.1, 0.15) is 0 Å². The molecule has 0 bridgehead atoms. The van der Waals surface area contributed by atoms with E-state index in [0.29, 0.717) is 0 Å². The highest BCUT2D eigenvalue weighted by molar-refractivity contribution is 5.73. The summed E-state index contributed by atoms with van der Waals surface area (Å²) in [5, 5.41) is 9.88. The third-order valence-corrected chi connectivity index (χ3v) is 2.62. The topological polar surface area (TPSA) is 46.5 Å². The highest BCUT2D eigenvalue weighted by Crippen LogP contribution is 2.28. The molecular weight excluding hydrogens is 230 g/mol. The number of carbonyl (C=O) groups excluding carboxylic acids is 1. The molecule has 1 N–H and O–H groups in total. The van der Waals surface area contributed by atoms with Gasteiger partial charge in [0.15, 0.2) is 11.6 Å². The Morgan fingerprint density at radius 2 is 2.12 bits per heavy atom. The predicted octanol–water partition coefficient (Wildman–Crippen LogP) is 2.20. The van der Waals surface area contributed by atoms with Crippen molar-refractivity contribution in [2.75, 3.05) is 7.11 Å². The van der Waals surface area contributed by atoms with Crippen molar-refractivity contribution in [2.24, 2.45) is 5.92 Å². The van der Waals surface area contributed by atoms with Crippen LogP contribution in [0.3, 0.4) is 0 Å². The van der Waals surface area contributed by atoms with Crippen molar-refractivity contribution in [1.29, 1.82) is 0 Å². The smallest absolute Gasteiger partial charge is 0.311 e. The average molecular weight is 244 g/mol. The standard InChI is InChI=1S/C12H14F2O3/c1-3-7(12(16)17-2)11(15)8-5-4-6-9(13)10(8)14/h4-7,11,15H,3H2,1-2H3. The summed E-state index contributed by atoms with van der Waals surface area (Å²) in [5.41, 5.74) is -0.234. The third kappa shape index (κ3) is 2.79. The van der Waals surface area contributed by atoms with Crippen LogP contribution in [0.25, 0.3) is 0 Å². The summed E-state index contributed by atoms with van der Waals surface area (Å²) in [5.74, 6) is -3.75. The molecule has 0 saturated heterocycles. The first-order valence-corrected chi connectivity index (χ1v) is 5.22. The molecule has 0 aliphatic heterocycles. The molecule has 1 aromatic rings. The first-order valence-electron chi connectivity index (χ1n) is 5.22. The van der Waals surface area contributed by atoms with E-state index in [4.69, 9.17) is 0 Å². The fourth-order valence-electron chi connectivity index (χ4n) is 1.64. The molecule has 0 aliphatic rings. The Hall–Kier alpha value is -1.49. The van der Waals surface area contributed by atoms with Gasteiger partial charge < -0.3 is 9.84 Å². The molecule has 0 saturated carbocycles. The second-order valence-electron chi connectivity index (χ2n) is 3.63. The highest BCUT2D eigenvalue weighted by Gasteiger charge is 2.29. The number of aliphatic hydroxyl groups is 1. The molecule has 1 aromatic carbocycles. The number of aliphatic hydroxyl groups excluding tert-OH is 1. The summed E-state index contributed by atoms with van der Waals surface area (Å²) in [6.07, 6.45) is -1.15. The van der Waals surface area contributed by atoms with E-state index in [0.717, 1.165) is 6.07 Å². The van der Waals surface area contributed by atoms with E-state index in [2.05, 4.69) is 4.74 Å². The Bertz CT molecular complexity index is 407. The molecule has 1 rings (SSSR count). The van der Waals surface area contributed by atoms with Crippen molar-refractivity contribution in [3.8, 4) is 0 Å². The minimum absolute atomic E-state index is 0.234. The predicted molar refractivity (Wildman–Crippen MR) is 57.1 cm³/mol. The van der Waals surface area contributed by atoms with Crippen LogP contribution in [-0.4, -0.2) is 18.2 Å². The van der Waals surface area contributed by atoms with Gasteiger partial charge in [0.05, 0.1) is 19.1 Å². The minimum Gasteiger partial charge on any atom is -0.469 e. The minimum atomic E-state index is -1.41. The van der Waals surface area contributed by atoms with E-state index in [1.165, 1.54) is 19.2 Å². The normalized spacial score (nSPS) is 14.2. The van der Waals surface area contributed by atoms with Gasteiger partial charge in [-0.05, 0) is 12.5 Å². The van der Waals surface area contributed by atoms with Crippen molar-refractivity contribution >= 4 is 5.97 Å². The fraction of sp³-hybridized carbons (Fsp3) is 0.417. The highest BCUT2D eigenvalue weighted by atomic mass is 19.2. The molecule has 5 heteroatoms. The molecular formula is C12H14F2O3. The Morgan fingerprint density at radius 3 is 2.65 bits per heavy atom. The van der Waals surface area contributed by atoms with Gasteiger partial charge >= 0.3 is 5.97 Å². The fourth-order valence-corrected chi connectivity index (χ4v) is 1.64. The van der Waals surface area contributed by atoms with E-state index in [-0.39, 0.29) is 12.0 Å². The summed E-state index contributed by atoms with van der Waals surface area (Å²) in [7, 11) is 1.18. The number of halogens is 2. The van der Waals surface area contributed by atoms with Gasteiger partial charge in [-0.3, -0.25) is 4.79 Å². The van der Waals surface area contributed by atoms with Gasteiger partial charge in [0.25, 0.3) is 0 Å². The van der Waals surface area contributed by atoms with E-state index in [1.807, 2.05) is 0 Å². The summed E-state index contributed by atoms with van der Waals surface area (Å²) < 4.78 is 30.9. The van der Waals surface area contributed by atoms with Crippen LogP contribution in [0.1, 0.15) is 25.0 Å². The first-order chi connectivity index (χ1) is 8.02. The van der Waals surface area contributed by atoms with Crippen LogP contribution in [0.15, 0.2) is 18.2 Å². The van der Waals surface area contributed by atoms with E-state index in [1.54, 1.807) is 6.92 Å². The van der Waals surface area contributed by atoms with E-state index < -0.39 is 29.6 Å². The lowest BCUT2D eigenvalue weighted by molar-refractivity contribution is -0.149. The van der Waals surface area contributed by atoms with Crippen LogP contribution >= 0.6 is 0 Å². The second kappa shape index (κ2) is 5.72. The monoisotopic (exact) mass is 244 g/mol. The lowest BCUT2D eigenvalue weighted by atomic mass is 9.93. The molecule has 0 spiro atoms. The Balaban J connectivity index is 3.06. The second-order valence-corrected chi connectivity index (χ2v) is 3.63. The molecule has 0 heterocycles. The largest absolute Gasteiger partial charge is 0.469 e. The van der Waals surface area contributed by atoms with Crippen molar-refractivity contribution in [3.05, 3.63) is 35.4 Å². The van der Waals surface area contributed by atoms with Crippen LogP contribution in [0.2, 0.25) is 0 Å². The van der Waals surface area contributed by atoms with Crippen molar-refractivity contribution < 1.29 is 23.4 Å². The molecule has 0 aromatic heterocycles. The quantitative estimate of drug-likeness (QED) is 0.826. The Kier molecular flexibility index (Phi) is 4.57.